The van der Waals surface area contributed by atoms with Gasteiger partial charge in [0.1, 0.15) is 0 Å². The fourth-order valence-corrected chi connectivity index (χ4v) is 1.43. The number of anilines is 2. The zero-order chi connectivity index (χ0) is 11.4. The molecule has 0 spiro atoms. The van der Waals surface area contributed by atoms with E-state index in [0.29, 0.717) is 24.6 Å². The lowest BCUT2D eigenvalue weighted by Crippen LogP contribution is -2.08. The SMILES string of the molecule is Nc1nc2ccccc2nc1NCCCO. The van der Waals surface area contributed by atoms with Crippen molar-refractivity contribution in [3.63, 3.8) is 0 Å². The van der Waals surface area contributed by atoms with Gasteiger partial charge in [0.05, 0.1) is 11.0 Å². The Morgan fingerprint density at radius 1 is 1.19 bits per heavy atom. The highest BCUT2D eigenvalue weighted by Gasteiger charge is 2.04. The molecule has 16 heavy (non-hydrogen) atoms. The molecule has 0 bridgehead atoms. The van der Waals surface area contributed by atoms with E-state index in [1.54, 1.807) is 0 Å². The molecule has 0 fully saturated rings. The van der Waals surface area contributed by atoms with Gasteiger partial charge in [-0.2, -0.15) is 0 Å². The lowest BCUT2D eigenvalue weighted by atomic mass is 10.3. The quantitative estimate of drug-likeness (QED) is 0.667. The maximum Gasteiger partial charge on any atom is 0.169 e. The predicted octanol–water partition coefficient (Wildman–Crippen LogP) is 1.01. The molecular formula is C11H14N4O. The Kier molecular flexibility index (Phi) is 3.16. The minimum Gasteiger partial charge on any atom is -0.396 e. The highest BCUT2D eigenvalue weighted by Crippen LogP contribution is 2.17. The van der Waals surface area contributed by atoms with Crippen LogP contribution in [0, 0.1) is 0 Å². The van der Waals surface area contributed by atoms with Crippen molar-refractivity contribution in [3.05, 3.63) is 24.3 Å². The Morgan fingerprint density at radius 2 is 1.88 bits per heavy atom. The number of aliphatic hydroxyl groups excluding tert-OH is 1. The van der Waals surface area contributed by atoms with Crippen molar-refractivity contribution in [1.82, 2.24) is 9.97 Å². The van der Waals surface area contributed by atoms with E-state index in [1.165, 1.54) is 0 Å². The van der Waals surface area contributed by atoms with Crippen LogP contribution < -0.4 is 11.1 Å². The largest absolute Gasteiger partial charge is 0.396 e. The first-order valence-electron chi connectivity index (χ1n) is 5.18. The average Bonchev–Trinajstić information content (AvgIpc) is 2.30. The number of nitrogens with one attached hydrogen (secondary N) is 1. The number of hydrogen-bond donors (Lipinski definition) is 3. The fraction of sp³-hybridized carbons (Fsp3) is 0.273. The van der Waals surface area contributed by atoms with E-state index in [2.05, 4.69) is 15.3 Å². The minimum absolute atomic E-state index is 0.147. The molecule has 4 N–H and O–H groups in total. The molecule has 1 aromatic heterocycles. The molecule has 0 saturated heterocycles. The second-order valence-corrected chi connectivity index (χ2v) is 3.45. The maximum atomic E-state index is 8.68. The maximum absolute atomic E-state index is 8.68. The van der Waals surface area contributed by atoms with Crippen LogP contribution in [0.2, 0.25) is 0 Å². The number of aliphatic hydroxyl groups is 1. The zero-order valence-corrected chi connectivity index (χ0v) is 8.85. The average molecular weight is 218 g/mol. The van der Waals surface area contributed by atoms with Gasteiger partial charge in [-0.25, -0.2) is 9.97 Å². The summed E-state index contributed by atoms with van der Waals surface area (Å²) in [5.74, 6) is 0.962. The first-order chi connectivity index (χ1) is 7.81. The molecule has 0 saturated carbocycles. The van der Waals surface area contributed by atoms with Gasteiger partial charge in [0.25, 0.3) is 0 Å². The number of aromatic nitrogens is 2. The second-order valence-electron chi connectivity index (χ2n) is 3.45. The number of rotatable bonds is 4. The third-order valence-corrected chi connectivity index (χ3v) is 2.22. The summed E-state index contributed by atoms with van der Waals surface area (Å²) in [6.07, 6.45) is 0.661. The monoisotopic (exact) mass is 218 g/mol. The van der Waals surface area contributed by atoms with E-state index < -0.39 is 0 Å². The van der Waals surface area contributed by atoms with Crippen LogP contribution in [0.4, 0.5) is 11.6 Å². The number of nitrogen functional groups attached to an aromatic ring is 1. The van der Waals surface area contributed by atoms with Crippen molar-refractivity contribution in [2.45, 2.75) is 6.42 Å². The number of nitrogens with zero attached hydrogens (tertiary/aromatic N) is 2. The summed E-state index contributed by atoms with van der Waals surface area (Å²) in [5, 5.41) is 11.7. The lowest BCUT2D eigenvalue weighted by molar-refractivity contribution is 0.292. The van der Waals surface area contributed by atoms with Gasteiger partial charge in [0.2, 0.25) is 0 Å². The van der Waals surface area contributed by atoms with Crippen LogP contribution in [-0.2, 0) is 0 Å². The Balaban J connectivity index is 2.27. The van der Waals surface area contributed by atoms with Gasteiger partial charge in [-0.1, -0.05) is 12.1 Å². The molecule has 0 unspecified atom stereocenters. The van der Waals surface area contributed by atoms with E-state index in [9.17, 15) is 0 Å². The van der Waals surface area contributed by atoms with Gasteiger partial charge in [-0.15, -0.1) is 0 Å². The van der Waals surface area contributed by atoms with Crippen molar-refractivity contribution < 1.29 is 5.11 Å². The summed E-state index contributed by atoms with van der Waals surface area (Å²) in [5.41, 5.74) is 7.36. The Labute approximate surface area is 93.3 Å². The molecule has 0 aliphatic heterocycles. The molecule has 1 heterocycles. The van der Waals surface area contributed by atoms with E-state index in [-0.39, 0.29) is 6.61 Å². The van der Waals surface area contributed by atoms with Gasteiger partial charge >= 0.3 is 0 Å². The highest BCUT2D eigenvalue weighted by molar-refractivity contribution is 5.79. The van der Waals surface area contributed by atoms with E-state index in [4.69, 9.17) is 10.8 Å². The van der Waals surface area contributed by atoms with Crippen molar-refractivity contribution >= 4 is 22.7 Å². The van der Waals surface area contributed by atoms with Crippen LogP contribution in [0.3, 0.4) is 0 Å². The number of fused-ring (bicyclic) bond motifs is 1. The third kappa shape index (κ3) is 2.20. The van der Waals surface area contributed by atoms with Crippen molar-refractivity contribution in [2.75, 3.05) is 24.2 Å². The summed E-state index contributed by atoms with van der Waals surface area (Å²) in [7, 11) is 0. The highest BCUT2D eigenvalue weighted by atomic mass is 16.3. The molecule has 0 amide bonds. The Bertz CT molecular complexity index is 486. The van der Waals surface area contributed by atoms with Gasteiger partial charge < -0.3 is 16.2 Å². The molecular weight excluding hydrogens is 204 g/mol. The summed E-state index contributed by atoms with van der Waals surface area (Å²) < 4.78 is 0. The van der Waals surface area contributed by atoms with Crippen LogP contribution in [0.1, 0.15) is 6.42 Å². The van der Waals surface area contributed by atoms with E-state index >= 15 is 0 Å². The molecule has 0 radical (unpaired) electrons. The van der Waals surface area contributed by atoms with E-state index in [1.807, 2.05) is 24.3 Å². The normalized spacial score (nSPS) is 10.6. The second kappa shape index (κ2) is 4.76. The fourth-order valence-electron chi connectivity index (χ4n) is 1.43. The summed E-state index contributed by atoms with van der Waals surface area (Å²) >= 11 is 0. The predicted molar refractivity (Wildman–Crippen MR) is 64.1 cm³/mol. The van der Waals surface area contributed by atoms with Crippen LogP contribution in [0.25, 0.3) is 11.0 Å². The van der Waals surface area contributed by atoms with Crippen molar-refractivity contribution in [1.29, 1.82) is 0 Å². The summed E-state index contributed by atoms with van der Waals surface area (Å²) in [6, 6.07) is 7.56. The van der Waals surface area contributed by atoms with Gasteiger partial charge in [0.15, 0.2) is 11.6 Å². The molecule has 2 rings (SSSR count). The van der Waals surface area contributed by atoms with Crippen LogP contribution >= 0.6 is 0 Å². The topological polar surface area (TPSA) is 84.1 Å². The van der Waals surface area contributed by atoms with Crippen LogP contribution in [-0.4, -0.2) is 28.2 Å². The molecule has 0 atom stereocenters. The molecule has 2 aromatic rings. The van der Waals surface area contributed by atoms with Crippen LogP contribution in [0.5, 0.6) is 0 Å². The van der Waals surface area contributed by atoms with Gasteiger partial charge in [0, 0.05) is 13.2 Å². The number of para-hydroxylation sites is 2. The first kappa shape index (κ1) is 10.6. The molecule has 84 valence electrons. The Hall–Kier alpha value is -1.88. The van der Waals surface area contributed by atoms with Crippen molar-refractivity contribution in [3.8, 4) is 0 Å². The minimum atomic E-state index is 0.147. The summed E-state index contributed by atoms with van der Waals surface area (Å²) in [4.78, 5) is 8.61. The van der Waals surface area contributed by atoms with E-state index in [0.717, 1.165) is 11.0 Å². The molecule has 5 heteroatoms. The van der Waals surface area contributed by atoms with Gasteiger partial charge in [-0.3, -0.25) is 0 Å². The standard InChI is InChI=1S/C11H14N4O/c12-10-11(13-6-3-7-16)15-9-5-2-1-4-8(9)14-10/h1-2,4-5,16H,3,6-7H2,(H2,12,14)(H,13,15). The smallest absolute Gasteiger partial charge is 0.169 e. The summed E-state index contributed by atoms with van der Waals surface area (Å²) in [6.45, 7) is 0.779. The molecule has 5 nitrogen and oxygen atoms in total. The van der Waals surface area contributed by atoms with Crippen molar-refractivity contribution in [2.24, 2.45) is 0 Å². The molecule has 1 aromatic carbocycles. The molecule has 0 aliphatic carbocycles. The van der Waals surface area contributed by atoms with Crippen LogP contribution in [0.15, 0.2) is 24.3 Å². The lowest BCUT2D eigenvalue weighted by Gasteiger charge is -2.07. The molecule has 0 aliphatic rings. The first-order valence-corrected chi connectivity index (χ1v) is 5.18. The third-order valence-electron chi connectivity index (χ3n) is 2.22. The number of nitrogens with two attached hydrogens (primary N) is 1. The number of hydrogen-bond acceptors (Lipinski definition) is 5. The van der Waals surface area contributed by atoms with Gasteiger partial charge in [-0.05, 0) is 18.6 Å². The Morgan fingerprint density at radius 3 is 2.56 bits per heavy atom. The number of benzene rings is 1. The zero-order valence-electron chi connectivity index (χ0n) is 8.85.